The maximum atomic E-state index is 13.4. The molecule has 1 aliphatic heterocycles. The molecule has 1 heterocycles. The normalized spacial score (nSPS) is 22.4. The zero-order chi connectivity index (χ0) is 14.2. The van der Waals surface area contributed by atoms with Crippen LogP contribution < -0.4 is 5.32 Å². The Morgan fingerprint density at radius 2 is 1.90 bits per heavy atom. The van der Waals surface area contributed by atoms with Gasteiger partial charge >= 0.3 is 0 Å². The van der Waals surface area contributed by atoms with Gasteiger partial charge in [-0.05, 0) is 53.4 Å². The molecule has 1 aromatic rings. The molecular weight excluding hydrogens is 325 g/mol. The summed E-state index contributed by atoms with van der Waals surface area (Å²) in [4.78, 5) is 0. The van der Waals surface area contributed by atoms with Crippen LogP contribution >= 0.6 is 15.9 Å². The lowest BCUT2D eigenvalue weighted by atomic mass is 9.89. The van der Waals surface area contributed by atoms with Crippen LogP contribution in [0.25, 0.3) is 0 Å². The Balaban J connectivity index is 1.63. The smallest absolute Gasteiger partial charge is 0.168 e. The second-order valence-electron chi connectivity index (χ2n) is 5.61. The summed E-state index contributed by atoms with van der Waals surface area (Å²) in [5.41, 5.74) is 1.92. The van der Waals surface area contributed by atoms with E-state index in [1.165, 1.54) is 0 Å². The van der Waals surface area contributed by atoms with E-state index in [2.05, 4.69) is 21.2 Å². The minimum Gasteiger partial charge on any atom is -0.382 e. The van der Waals surface area contributed by atoms with Crippen molar-refractivity contribution in [1.82, 2.24) is 0 Å². The van der Waals surface area contributed by atoms with Gasteiger partial charge in [0.25, 0.3) is 0 Å². The summed E-state index contributed by atoms with van der Waals surface area (Å²) in [5.74, 6) is -0.542. The molecule has 1 spiro atoms. The minimum absolute atomic E-state index is 0.219. The second kappa shape index (κ2) is 5.62. The highest BCUT2D eigenvalue weighted by atomic mass is 79.9. The fraction of sp³-hybridized carbons (Fsp3) is 0.600. The summed E-state index contributed by atoms with van der Waals surface area (Å²) in [7, 11) is 0. The average molecular weight is 344 g/mol. The first-order valence-electron chi connectivity index (χ1n) is 7.08. The van der Waals surface area contributed by atoms with Crippen LogP contribution in [0, 0.1) is 12.7 Å². The molecule has 0 radical (unpaired) electrons. The van der Waals surface area contributed by atoms with Gasteiger partial charge in [0.1, 0.15) is 5.82 Å². The first-order chi connectivity index (χ1) is 9.58. The molecule has 5 heteroatoms. The van der Waals surface area contributed by atoms with Crippen molar-refractivity contribution in [2.24, 2.45) is 0 Å². The highest BCUT2D eigenvalue weighted by molar-refractivity contribution is 9.10. The highest BCUT2D eigenvalue weighted by Gasteiger charge is 2.40. The maximum Gasteiger partial charge on any atom is 0.168 e. The van der Waals surface area contributed by atoms with Crippen LogP contribution in [0.15, 0.2) is 16.6 Å². The van der Waals surface area contributed by atoms with E-state index in [9.17, 15) is 4.39 Å². The molecule has 0 atom stereocenters. The number of nitrogens with one attached hydrogen (secondary N) is 1. The van der Waals surface area contributed by atoms with Gasteiger partial charge in [-0.15, -0.1) is 0 Å². The lowest BCUT2D eigenvalue weighted by molar-refractivity contribution is -0.177. The molecule has 110 valence electrons. The molecule has 2 aliphatic rings. The van der Waals surface area contributed by atoms with Gasteiger partial charge in [-0.1, -0.05) is 0 Å². The summed E-state index contributed by atoms with van der Waals surface area (Å²) in [6, 6.07) is 3.77. The van der Waals surface area contributed by atoms with E-state index in [1.54, 1.807) is 6.07 Å². The van der Waals surface area contributed by atoms with Gasteiger partial charge in [0, 0.05) is 24.6 Å². The summed E-state index contributed by atoms with van der Waals surface area (Å²) < 4.78 is 25.4. The number of ether oxygens (including phenoxy) is 2. The summed E-state index contributed by atoms with van der Waals surface area (Å²) in [5, 5.41) is 3.52. The van der Waals surface area contributed by atoms with Crippen molar-refractivity contribution >= 4 is 21.6 Å². The number of benzene rings is 1. The van der Waals surface area contributed by atoms with E-state index < -0.39 is 0 Å². The zero-order valence-corrected chi connectivity index (χ0v) is 13.1. The van der Waals surface area contributed by atoms with Crippen molar-refractivity contribution in [1.29, 1.82) is 0 Å². The Morgan fingerprint density at radius 3 is 2.55 bits per heavy atom. The van der Waals surface area contributed by atoms with E-state index >= 15 is 0 Å². The lowest BCUT2D eigenvalue weighted by Gasteiger charge is -2.36. The third-order valence-corrected chi connectivity index (χ3v) is 4.80. The van der Waals surface area contributed by atoms with Gasteiger partial charge in [0.05, 0.1) is 17.7 Å². The summed E-state index contributed by atoms with van der Waals surface area (Å²) in [6.45, 7) is 3.34. The third-order valence-electron chi connectivity index (χ3n) is 4.19. The molecule has 1 saturated carbocycles. The molecular formula is C15H19BrFNO2. The van der Waals surface area contributed by atoms with Crippen LogP contribution in [0.5, 0.6) is 0 Å². The van der Waals surface area contributed by atoms with Gasteiger partial charge in [0.2, 0.25) is 0 Å². The van der Waals surface area contributed by atoms with Crippen molar-refractivity contribution < 1.29 is 13.9 Å². The average Bonchev–Trinajstić information content (AvgIpc) is 2.87. The summed E-state index contributed by atoms with van der Waals surface area (Å²) in [6.07, 6.45) is 3.86. The molecule has 1 aliphatic carbocycles. The Bertz CT molecular complexity index is 493. The van der Waals surface area contributed by atoms with E-state index in [-0.39, 0.29) is 11.6 Å². The summed E-state index contributed by atoms with van der Waals surface area (Å²) >= 11 is 3.24. The van der Waals surface area contributed by atoms with Gasteiger partial charge in [0.15, 0.2) is 5.79 Å². The van der Waals surface area contributed by atoms with Gasteiger partial charge in [-0.3, -0.25) is 0 Å². The molecule has 3 nitrogen and oxygen atoms in total. The molecule has 0 amide bonds. The first kappa shape index (κ1) is 14.3. The second-order valence-corrected chi connectivity index (χ2v) is 6.46. The van der Waals surface area contributed by atoms with Crippen molar-refractivity contribution in [3.05, 3.63) is 28.0 Å². The molecule has 1 saturated heterocycles. The first-order valence-corrected chi connectivity index (χ1v) is 7.87. The molecule has 1 aromatic carbocycles. The number of halogens is 2. The van der Waals surface area contributed by atoms with Crippen LogP contribution in [0.1, 0.15) is 31.2 Å². The van der Waals surface area contributed by atoms with Crippen molar-refractivity contribution in [2.45, 2.75) is 44.4 Å². The maximum absolute atomic E-state index is 13.4. The predicted octanol–water partition coefficient (Wildman–Crippen LogP) is 3.99. The van der Waals surface area contributed by atoms with Crippen LogP contribution in [-0.4, -0.2) is 25.0 Å². The van der Waals surface area contributed by atoms with E-state index in [4.69, 9.17) is 9.47 Å². The molecule has 0 aromatic heterocycles. The molecule has 0 bridgehead atoms. The van der Waals surface area contributed by atoms with Crippen molar-refractivity contribution in [3.8, 4) is 0 Å². The van der Waals surface area contributed by atoms with E-state index in [1.807, 2.05) is 13.0 Å². The third kappa shape index (κ3) is 2.85. The van der Waals surface area contributed by atoms with Gasteiger partial charge in [-0.2, -0.15) is 0 Å². The Morgan fingerprint density at radius 1 is 1.25 bits per heavy atom. The highest BCUT2D eigenvalue weighted by Crippen LogP contribution is 2.37. The van der Waals surface area contributed by atoms with Crippen LogP contribution in [-0.2, 0) is 9.47 Å². The van der Waals surface area contributed by atoms with Crippen molar-refractivity contribution in [2.75, 3.05) is 18.5 Å². The van der Waals surface area contributed by atoms with Gasteiger partial charge in [-0.25, -0.2) is 4.39 Å². The molecule has 0 unspecified atom stereocenters. The SMILES string of the molecule is Cc1cc(F)c(Br)cc1NC1CCC2(CC1)OCCO2. The van der Waals surface area contributed by atoms with Crippen LogP contribution in [0.4, 0.5) is 10.1 Å². The quantitative estimate of drug-likeness (QED) is 0.880. The Hall–Kier alpha value is -0.650. The monoisotopic (exact) mass is 343 g/mol. The lowest BCUT2D eigenvalue weighted by Crippen LogP contribution is -2.39. The Labute approximate surface area is 127 Å². The number of anilines is 1. The minimum atomic E-state index is -0.323. The number of hydrogen-bond donors (Lipinski definition) is 1. The topological polar surface area (TPSA) is 30.5 Å². The number of hydrogen-bond acceptors (Lipinski definition) is 3. The molecule has 20 heavy (non-hydrogen) atoms. The fourth-order valence-corrected chi connectivity index (χ4v) is 3.35. The largest absolute Gasteiger partial charge is 0.382 e. The van der Waals surface area contributed by atoms with E-state index in [0.29, 0.717) is 23.7 Å². The van der Waals surface area contributed by atoms with Crippen LogP contribution in [0.3, 0.4) is 0 Å². The molecule has 1 N–H and O–H groups in total. The fourth-order valence-electron chi connectivity index (χ4n) is 3.01. The number of rotatable bonds is 2. The van der Waals surface area contributed by atoms with Crippen molar-refractivity contribution in [3.63, 3.8) is 0 Å². The van der Waals surface area contributed by atoms with Crippen LogP contribution in [0.2, 0.25) is 0 Å². The zero-order valence-electron chi connectivity index (χ0n) is 11.5. The standard InChI is InChI=1S/C15H19BrFNO2/c1-10-8-13(17)12(16)9-14(10)18-11-2-4-15(5-3-11)19-6-7-20-15/h8-9,11,18H,2-7H2,1H3. The number of aryl methyl sites for hydroxylation is 1. The van der Waals surface area contributed by atoms with E-state index in [0.717, 1.165) is 36.9 Å². The molecule has 2 fully saturated rings. The Kier molecular flexibility index (Phi) is 4.02. The van der Waals surface area contributed by atoms with Gasteiger partial charge < -0.3 is 14.8 Å². The molecule has 3 rings (SSSR count). The predicted molar refractivity (Wildman–Crippen MR) is 79.4 cm³/mol.